The van der Waals surface area contributed by atoms with Crippen molar-refractivity contribution in [2.45, 2.75) is 58.9 Å². The number of aryl methyl sites for hydroxylation is 1. The molecule has 1 atom stereocenters. The van der Waals surface area contributed by atoms with E-state index < -0.39 is 17.8 Å². The first-order valence-electron chi connectivity index (χ1n) is 7.81. The Morgan fingerprint density at radius 1 is 1.26 bits per heavy atom. The molecule has 0 fully saturated rings. The molecule has 0 saturated heterocycles. The van der Waals surface area contributed by atoms with Crippen molar-refractivity contribution in [3.63, 3.8) is 0 Å². The largest absolute Gasteiger partial charge is 0.446 e. The summed E-state index contributed by atoms with van der Waals surface area (Å²) in [5, 5.41) is 0. The molecule has 0 saturated carbocycles. The summed E-state index contributed by atoms with van der Waals surface area (Å²) in [5.74, 6) is 0.185. The van der Waals surface area contributed by atoms with Gasteiger partial charge in [-0.25, -0.2) is 4.79 Å². The van der Waals surface area contributed by atoms with Gasteiger partial charge < -0.3 is 4.74 Å². The summed E-state index contributed by atoms with van der Waals surface area (Å²) in [6.07, 6.45) is -4.02. The molecule has 1 amide bonds. The Morgan fingerprint density at radius 2 is 1.91 bits per heavy atom. The molecule has 0 N–H and O–H groups in total. The lowest BCUT2D eigenvalue weighted by atomic mass is 9.89. The normalized spacial score (nSPS) is 18.3. The van der Waals surface area contributed by atoms with Crippen LogP contribution in [-0.2, 0) is 17.3 Å². The van der Waals surface area contributed by atoms with Crippen LogP contribution in [0.5, 0.6) is 0 Å². The molecule has 1 heterocycles. The molecule has 1 aliphatic heterocycles. The third-order valence-corrected chi connectivity index (χ3v) is 4.01. The van der Waals surface area contributed by atoms with Gasteiger partial charge in [0.15, 0.2) is 0 Å². The summed E-state index contributed by atoms with van der Waals surface area (Å²) in [4.78, 5) is 14.0. The van der Waals surface area contributed by atoms with E-state index in [-0.39, 0.29) is 18.1 Å². The van der Waals surface area contributed by atoms with Crippen molar-refractivity contribution in [3.8, 4) is 0 Å². The molecular weight excluding hydrogens is 307 g/mol. The van der Waals surface area contributed by atoms with Crippen molar-refractivity contribution in [2.24, 2.45) is 5.92 Å². The van der Waals surface area contributed by atoms with Gasteiger partial charge in [0.05, 0.1) is 17.4 Å². The van der Waals surface area contributed by atoms with Crippen molar-refractivity contribution >= 4 is 11.8 Å². The van der Waals surface area contributed by atoms with Crippen LogP contribution in [0.2, 0.25) is 0 Å². The predicted molar refractivity (Wildman–Crippen MR) is 82.5 cm³/mol. The SMILES string of the molecule is CC(C)OC(=O)N1c2ccc(C(F)(F)F)cc2CCC1C(C)C. The van der Waals surface area contributed by atoms with E-state index in [1.54, 1.807) is 13.8 Å². The van der Waals surface area contributed by atoms with Gasteiger partial charge in [0.25, 0.3) is 0 Å². The average molecular weight is 329 g/mol. The Morgan fingerprint density at radius 3 is 2.43 bits per heavy atom. The molecule has 128 valence electrons. The number of hydrogen-bond donors (Lipinski definition) is 0. The number of amides is 1. The van der Waals surface area contributed by atoms with Crippen LogP contribution in [-0.4, -0.2) is 18.2 Å². The second-order valence-corrected chi connectivity index (χ2v) is 6.49. The molecule has 0 bridgehead atoms. The molecule has 0 spiro atoms. The van der Waals surface area contributed by atoms with Crippen molar-refractivity contribution in [1.82, 2.24) is 0 Å². The Bertz CT molecular complexity index is 582. The van der Waals surface area contributed by atoms with Crippen LogP contribution in [0, 0.1) is 5.92 Å². The van der Waals surface area contributed by atoms with Gasteiger partial charge in [-0.05, 0) is 56.4 Å². The first kappa shape index (κ1) is 17.6. The Hall–Kier alpha value is -1.72. The fourth-order valence-electron chi connectivity index (χ4n) is 2.93. The van der Waals surface area contributed by atoms with E-state index in [1.165, 1.54) is 11.0 Å². The first-order chi connectivity index (χ1) is 10.6. The second kappa shape index (κ2) is 6.42. The zero-order valence-corrected chi connectivity index (χ0v) is 13.8. The number of rotatable bonds is 2. The van der Waals surface area contributed by atoms with Crippen LogP contribution in [0.1, 0.15) is 45.2 Å². The quantitative estimate of drug-likeness (QED) is 0.762. The van der Waals surface area contributed by atoms with Crippen LogP contribution >= 0.6 is 0 Å². The molecule has 1 aromatic carbocycles. The van der Waals surface area contributed by atoms with Crippen molar-refractivity contribution in [2.75, 3.05) is 4.90 Å². The average Bonchev–Trinajstić information content (AvgIpc) is 2.43. The van der Waals surface area contributed by atoms with E-state index >= 15 is 0 Å². The maximum absolute atomic E-state index is 12.9. The number of hydrogen-bond acceptors (Lipinski definition) is 2. The maximum atomic E-state index is 12.9. The Kier molecular flexibility index (Phi) is 4.92. The lowest BCUT2D eigenvalue weighted by molar-refractivity contribution is -0.137. The van der Waals surface area contributed by atoms with Crippen molar-refractivity contribution in [1.29, 1.82) is 0 Å². The number of anilines is 1. The minimum Gasteiger partial charge on any atom is -0.446 e. The monoisotopic (exact) mass is 329 g/mol. The molecule has 0 radical (unpaired) electrons. The summed E-state index contributed by atoms with van der Waals surface area (Å²) in [6.45, 7) is 7.49. The number of ether oxygens (including phenoxy) is 1. The summed E-state index contributed by atoms with van der Waals surface area (Å²) < 4.78 is 43.9. The Balaban J connectivity index is 2.44. The molecule has 3 nitrogen and oxygen atoms in total. The van der Waals surface area contributed by atoms with E-state index in [0.717, 1.165) is 12.1 Å². The molecule has 23 heavy (non-hydrogen) atoms. The van der Waals surface area contributed by atoms with E-state index in [9.17, 15) is 18.0 Å². The lowest BCUT2D eigenvalue weighted by Crippen LogP contribution is -2.47. The van der Waals surface area contributed by atoms with Gasteiger partial charge in [-0.3, -0.25) is 4.90 Å². The number of halogens is 3. The van der Waals surface area contributed by atoms with Crippen LogP contribution < -0.4 is 4.90 Å². The molecule has 0 aromatic heterocycles. The molecule has 1 aliphatic rings. The van der Waals surface area contributed by atoms with Crippen LogP contribution in [0.15, 0.2) is 18.2 Å². The standard InChI is InChI=1S/C17H22F3NO2/c1-10(2)14-7-5-12-9-13(17(18,19)20)6-8-15(12)21(14)16(22)23-11(3)4/h6,8-11,14H,5,7H2,1-4H3. The molecule has 1 unspecified atom stereocenters. The van der Waals surface area contributed by atoms with Crippen molar-refractivity contribution < 1.29 is 22.7 Å². The highest BCUT2D eigenvalue weighted by Crippen LogP contribution is 2.38. The maximum Gasteiger partial charge on any atom is 0.416 e. The second-order valence-electron chi connectivity index (χ2n) is 6.49. The molecule has 1 aromatic rings. The highest BCUT2D eigenvalue weighted by molar-refractivity contribution is 5.90. The highest BCUT2D eigenvalue weighted by atomic mass is 19.4. The number of fused-ring (bicyclic) bond motifs is 1. The molecule has 6 heteroatoms. The van der Waals surface area contributed by atoms with E-state index in [0.29, 0.717) is 24.1 Å². The lowest BCUT2D eigenvalue weighted by Gasteiger charge is -2.39. The van der Waals surface area contributed by atoms with E-state index in [2.05, 4.69) is 0 Å². The van der Waals surface area contributed by atoms with Gasteiger partial charge >= 0.3 is 12.3 Å². The molecular formula is C17H22F3NO2. The van der Waals surface area contributed by atoms with Gasteiger partial charge in [-0.2, -0.15) is 13.2 Å². The number of carbonyl (C=O) groups is 1. The zero-order valence-electron chi connectivity index (χ0n) is 13.8. The smallest absolute Gasteiger partial charge is 0.416 e. The Labute approximate surface area is 134 Å². The van der Waals surface area contributed by atoms with Crippen molar-refractivity contribution in [3.05, 3.63) is 29.3 Å². The number of benzene rings is 1. The summed E-state index contributed by atoms with van der Waals surface area (Å²) in [6, 6.07) is 3.47. The summed E-state index contributed by atoms with van der Waals surface area (Å²) >= 11 is 0. The molecule has 0 aliphatic carbocycles. The van der Waals surface area contributed by atoms with Gasteiger partial charge in [0, 0.05) is 6.04 Å². The van der Waals surface area contributed by atoms with E-state index in [1.807, 2.05) is 13.8 Å². The number of carbonyl (C=O) groups excluding carboxylic acids is 1. The minimum absolute atomic E-state index is 0.0783. The van der Waals surface area contributed by atoms with Crippen LogP contribution in [0.3, 0.4) is 0 Å². The van der Waals surface area contributed by atoms with Crippen LogP contribution in [0.25, 0.3) is 0 Å². The third-order valence-electron chi connectivity index (χ3n) is 4.01. The summed E-state index contributed by atoms with van der Waals surface area (Å²) in [5.41, 5.74) is 0.377. The van der Waals surface area contributed by atoms with Gasteiger partial charge in [-0.1, -0.05) is 13.8 Å². The zero-order chi connectivity index (χ0) is 17.4. The minimum atomic E-state index is -4.38. The van der Waals surface area contributed by atoms with E-state index in [4.69, 9.17) is 4.74 Å². The molecule has 2 rings (SSSR count). The number of nitrogens with zero attached hydrogens (tertiary/aromatic N) is 1. The van der Waals surface area contributed by atoms with Gasteiger partial charge in [-0.15, -0.1) is 0 Å². The first-order valence-corrected chi connectivity index (χ1v) is 7.81. The fourth-order valence-corrected chi connectivity index (χ4v) is 2.93. The topological polar surface area (TPSA) is 29.5 Å². The van der Waals surface area contributed by atoms with Gasteiger partial charge in [0.1, 0.15) is 0 Å². The third kappa shape index (κ3) is 3.79. The number of alkyl halides is 3. The summed E-state index contributed by atoms with van der Waals surface area (Å²) in [7, 11) is 0. The predicted octanol–water partition coefficient (Wildman–Crippen LogP) is 5.03. The van der Waals surface area contributed by atoms with Gasteiger partial charge in [0.2, 0.25) is 0 Å². The van der Waals surface area contributed by atoms with Crippen LogP contribution in [0.4, 0.5) is 23.7 Å². The highest BCUT2D eigenvalue weighted by Gasteiger charge is 2.37. The fraction of sp³-hybridized carbons (Fsp3) is 0.588.